The molecule has 1 unspecified atom stereocenters. The Morgan fingerprint density at radius 3 is 3.05 bits per heavy atom. The van der Waals surface area contributed by atoms with Crippen LogP contribution in [0.2, 0.25) is 0 Å². The summed E-state index contributed by atoms with van der Waals surface area (Å²) >= 11 is 1.64. The van der Waals surface area contributed by atoms with Crippen molar-refractivity contribution in [2.75, 3.05) is 16.8 Å². The Kier molecular flexibility index (Phi) is 3.69. The molecule has 1 aliphatic rings. The molecule has 1 atom stereocenters. The van der Waals surface area contributed by atoms with Crippen molar-refractivity contribution >= 4 is 28.6 Å². The van der Waals surface area contributed by atoms with Crippen LogP contribution >= 0.6 is 11.3 Å². The van der Waals surface area contributed by atoms with Crippen LogP contribution < -0.4 is 10.2 Å². The summed E-state index contributed by atoms with van der Waals surface area (Å²) in [6.07, 6.45) is 3.43. The number of hydrogen-bond donors (Lipinski definition) is 1. The molecule has 0 aliphatic carbocycles. The van der Waals surface area contributed by atoms with Gasteiger partial charge >= 0.3 is 0 Å². The smallest absolute Gasteiger partial charge is 0.227 e. The molecule has 1 fully saturated rings. The van der Waals surface area contributed by atoms with Crippen LogP contribution in [0.3, 0.4) is 0 Å². The number of nitrogens with one attached hydrogen (secondary N) is 1. The second-order valence-electron chi connectivity index (χ2n) is 4.94. The van der Waals surface area contributed by atoms with Gasteiger partial charge < -0.3 is 10.2 Å². The minimum Gasteiger partial charge on any atom is -0.376 e. The molecular weight excluding hydrogens is 270 g/mol. The number of thiazole rings is 1. The molecule has 0 saturated carbocycles. The third-order valence-electron chi connectivity index (χ3n) is 3.44. The first-order valence-electron chi connectivity index (χ1n) is 6.80. The zero-order valence-electron chi connectivity index (χ0n) is 11.4. The van der Waals surface area contributed by atoms with E-state index in [1.165, 1.54) is 0 Å². The minimum atomic E-state index is 0.166. The normalized spacial score (nSPS) is 16.4. The lowest BCUT2D eigenvalue weighted by Crippen LogP contribution is -2.23. The Morgan fingerprint density at radius 1 is 1.45 bits per heavy atom. The van der Waals surface area contributed by atoms with Crippen molar-refractivity contribution in [3.8, 4) is 0 Å². The Morgan fingerprint density at radius 2 is 2.35 bits per heavy atom. The van der Waals surface area contributed by atoms with Crippen molar-refractivity contribution < 1.29 is 4.79 Å². The SMILES string of the molecule is CC(Nc1cccc(N2CCCC2=O)c1)c1nccs1. The number of benzene rings is 1. The fourth-order valence-corrected chi connectivity index (χ4v) is 3.09. The van der Waals surface area contributed by atoms with Crippen LogP contribution in [-0.4, -0.2) is 17.4 Å². The van der Waals surface area contributed by atoms with E-state index in [2.05, 4.69) is 17.2 Å². The molecular formula is C15H17N3OS. The van der Waals surface area contributed by atoms with Crippen LogP contribution in [0.15, 0.2) is 35.8 Å². The first kappa shape index (κ1) is 13.1. The lowest BCUT2D eigenvalue weighted by atomic mass is 10.2. The van der Waals surface area contributed by atoms with E-state index in [9.17, 15) is 4.79 Å². The molecule has 1 aromatic heterocycles. The van der Waals surface area contributed by atoms with Crippen molar-refractivity contribution in [1.82, 2.24) is 4.98 Å². The molecule has 3 rings (SSSR count). The van der Waals surface area contributed by atoms with Gasteiger partial charge in [0.05, 0.1) is 6.04 Å². The monoisotopic (exact) mass is 287 g/mol. The fourth-order valence-electron chi connectivity index (χ4n) is 2.44. The third-order valence-corrected chi connectivity index (χ3v) is 4.39. The topological polar surface area (TPSA) is 45.2 Å². The van der Waals surface area contributed by atoms with Crippen LogP contribution in [0.4, 0.5) is 11.4 Å². The van der Waals surface area contributed by atoms with Crippen LogP contribution in [0.25, 0.3) is 0 Å². The molecule has 104 valence electrons. The largest absolute Gasteiger partial charge is 0.376 e. The summed E-state index contributed by atoms with van der Waals surface area (Å²) in [4.78, 5) is 18.0. The lowest BCUT2D eigenvalue weighted by Gasteiger charge is -2.18. The molecule has 1 aromatic carbocycles. The van der Waals surface area contributed by atoms with Gasteiger partial charge in [-0.1, -0.05) is 6.07 Å². The number of anilines is 2. The van der Waals surface area contributed by atoms with Crippen molar-refractivity contribution in [2.45, 2.75) is 25.8 Å². The van der Waals surface area contributed by atoms with Gasteiger partial charge in [-0.25, -0.2) is 4.98 Å². The van der Waals surface area contributed by atoms with Crippen molar-refractivity contribution in [1.29, 1.82) is 0 Å². The molecule has 1 saturated heterocycles. The van der Waals surface area contributed by atoms with E-state index in [0.717, 1.165) is 29.3 Å². The predicted octanol–water partition coefficient (Wildman–Crippen LogP) is 3.44. The van der Waals surface area contributed by atoms with Gasteiger partial charge in [-0.2, -0.15) is 0 Å². The van der Waals surface area contributed by atoms with Crippen LogP contribution in [0.5, 0.6) is 0 Å². The van der Waals surface area contributed by atoms with Crippen LogP contribution in [0, 0.1) is 0 Å². The number of carbonyl (C=O) groups excluding carboxylic acids is 1. The highest BCUT2D eigenvalue weighted by Crippen LogP contribution is 2.26. The highest BCUT2D eigenvalue weighted by atomic mass is 32.1. The van der Waals surface area contributed by atoms with E-state index < -0.39 is 0 Å². The first-order valence-corrected chi connectivity index (χ1v) is 7.68. The number of rotatable bonds is 4. The maximum atomic E-state index is 11.8. The zero-order chi connectivity index (χ0) is 13.9. The van der Waals surface area contributed by atoms with E-state index in [0.29, 0.717) is 6.42 Å². The lowest BCUT2D eigenvalue weighted by molar-refractivity contribution is -0.117. The Bertz CT molecular complexity index is 597. The van der Waals surface area contributed by atoms with Gasteiger partial charge in [-0.05, 0) is 31.5 Å². The van der Waals surface area contributed by atoms with Gasteiger partial charge in [-0.3, -0.25) is 4.79 Å². The van der Waals surface area contributed by atoms with Crippen LogP contribution in [-0.2, 0) is 4.79 Å². The first-order chi connectivity index (χ1) is 9.74. The summed E-state index contributed by atoms with van der Waals surface area (Å²) in [6.45, 7) is 2.91. The van der Waals surface area contributed by atoms with E-state index in [1.807, 2.05) is 40.7 Å². The standard InChI is InChI=1S/C15H17N3OS/c1-11(15-16-7-9-20-15)17-12-4-2-5-13(10-12)18-8-3-6-14(18)19/h2,4-5,7,9-11,17H,3,6,8H2,1H3. The summed E-state index contributed by atoms with van der Waals surface area (Å²) in [5.74, 6) is 0.218. The molecule has 20 heavy (non-hydrogen) atoms. The van der Waals surface area contributed by atoms with E-state index in [4.69, 9.17) is 0 Å². The summed E-state index contributed by atoms with van der Waals surface area (Å²) in [7, 11) is 0. The molecule has 0 spiro atoms. The van der Waals surface area contributed by atoms with E-state index in [-0.39, 0.29) is 11.9 Å². The quantitative estimate of drug-likeness (QED) is 0.937. The maximum absolute atomic E-state index is 11.8. The molecule has 1 aliphatic heterocycles. The van der Waals surface area contributed by atoms with Gasteiger partial charge in [0, 0.05) is 35.9 Å². The number of hydrogen-bond acceptors (Lipinski definition) is 4. The van der Waals surface area contributed by atoms with Gasteiger partial charge in [0.25, 0.3) is 0 Å². The summed E-state index contributed by atoms with van der Waals surface area (Å²) < 4.78 is 0. The summed E-state index contributed by atoms with van der Waals surface area (Å²) in [5.41, 5.74) is 1.99. The summed E-state index contributed by atoms with van der Waals surface area (Å²) in [6, 6.07) is 8.20. The van der Waals surface area contributed by atoms with Crippen molar-refractivity contribution in [3.63, 3.8) is 0 Å². The molecule has 1 amide bonds. The highest BCUT2D eigenvalue weighted by molar-refractivity contribution is 7.09. The average Bonchev–Trinajstić information content (AvgIpc) is 3.10. The molecule has 0 radical (unpaired) electrons. The Labute approximate surface area is 122 Å². The summed E-state index contributed by atoms with van der Waals surface area (Å²) in [5, 5.41) is 6.47. The van der Waals surface area contributed by atoms with E-state index in [1.54, 1.807) is 11.3 Å². The van der Waals surface area contributed by atoms with Gasteiger partial charge in [0.15, 0.2) is 0 Å². The minimum absolute atomic E-state index is 0.166. The second kappa shape index (κ2) is 5.63. The molecule has 5 heteroatoms. The van der Waals surface area contributed by atoms with Crippen molar-refractivity contribution in [3.05, 3.63) is 40.8 Å². The fraction of sp³-hybridized carbons (Fsp3) is 0.333. The molecule has 2 heterocycles. The van der Waals surface area contributed by atoms with E-state index >= 15 is 0 Å². The zero-order valence-corrected chi connectivity index (χ0v) is 12.2. The Hall–Kier alpha value is -1.88. The molecule has 4 nitrogen and oxygen atoms in total. The Balaban J connectivity index is 1.76. The van der Waals surface area contributed by atoms with Crippen molar-refractivity contribution in [2.24, 2.45) is 0 Å². The number of nitrogens with zero attached hydrogens (tertiary/aromatic N) is 2. The maximum Gasteiger partial charge on any atom is 0.227 e. The van der Waals surface area contributed by atoms with Gasteiger partial charge in [-0.15, -0.1) is 11.3 Å². The van der Waals surface area contributed by atoms with Crippen LogP contribution in [0.1, 0.15) is 30.8 Å². The highest BCUT2D eigenvalue weighted by Gasteiger charge is 2.21. The molecule has 1 N–H and O–H groups in total. The van der Waals surface area contributed by atoms with Gasteiger partial charge in [0.1, 0.15) is 5.01 Å². The number of carbonyl (C=O) groups is 1. The number of amides is 1. The molecule has 2 aromatic rings. The van der Waals surface area contributed by atoms with Gasteiger partial charge in [0.2, 0.25) is 5.91 Å². The third kappa shape index (κ3) is 2.67. The second-order valence-corrected chi connectivity index (χ2v) is 5.86. The number of aromatic nitrogens is 1. The average molecular weight is 287 g/mol. The molecule has 0 bridgehead atoms. The predicted molar refractivity (Wildman–Crippen MR) is 82.2 cm³/mol.